The molecule has 0 aliphatic carbocycles. The van der Waals surface area contributed by atoms with Crippen LogP contribution in [0.1, 0.15) is 11.1 Å². The molecule has 1 N–H and O–H groups in total. The largest absolute Gasteiger partial charge is 0.275 e. The Labute approximate surface area is 151 Å². The summed E-state index contributed by atoms with van der Waals surface area (Å²) in [6, 6.07) is 6.71. The van der Waals surface area contributed by atoms with Crippen molar-refractivity contribution in [2.45, 2.75) is 18.4 Å². The molecule has 3 rings (SSSR count). The lowest BCUT2D eigenvalue weighted by atomic mass is 10.1. The summed E-state index contributed by atoms with van der Waals surface area (Å²) in [6.45, 7) is 1.82. The van der Waals surface area contributed by atoms with Crippen LogP contribution in [0.15, 0.2) is 53.9 Å². The molecule has 6 nitrogen and oxygen atoms in total. The zero-order valence-corrected chi connectivity index (χ0v) is 15.3. The SMILES string of the molecule is Cc1c(Cl)cccc1S(=O)(=O)NCc1cncc(-c2cnn(C)c2)c1. The highest BCUT2D eigenvalue weighted by Gasteiger charge is 2.18. The number of nitrogens with one attached hydrogen (secondary N) is 1. The standard InChI is InChI=1S/C17H17ClN4O2S/c1-12-16(18)4-3-5-17(12)25(23,24)21-8-13-6-14(9-19-7-13)15-10-20-22(2)11-15/h3-7,9-11,21H,8H2,1-2H3. The summed E-state index contributed by atoms with van der Waals surface area (Å²) in [7, 11) is -1.83. The quantitative estimate of drug-likeness (QED) is 0.742. The van der Waals surface area contributed by atoms with Gasteiger partial charge >= 0.3 is 0 Å². The molecule has 8 heteroatoms. The smallest absolute Gasteiger partial charge is 0.241 e. The molecule has 0 aliphatic heterocycles. The van der Waals surface area contributed by atoms with Gasteiger partial charge in [0.05, 0.1) is 11.1 Å². The van der Waals surface area contributed by atoms with E-state index in [9.17, 15) is 8.42 Å². The van der Waals surface area contributed by atoms with E-state index in [1.807, 2.05) is 19.3 Å². The Hall–Kier alpha value is -2.22. The van der Waals surface area contributed by atoms with Gasteiger partial charge in [0.1, 0.15) is 0 Å². The van der Waals surface area contributed by atoms with E-state index in [1.54, 1.807) is 42.3 Å². The molecule has 130 valence electrons. The van der Waals surface area contributed by atoms with Crippen LogP contribution in [0.5, 0.6) is 0 Å². The monoisotopic (exact) mass is 376 g/mol. The lowest BCUT2D eigenvalue weighted by Gasteiger charge is -2.10. The zero-order chi connectivity index (χ0) is 18.0. The lowest BCUT2D eigenvalue weighted by molar-refractivity contribution is 0.580. The highest BCUT2D eigenvalue weighted by atomic mass is 35.5. The van der Waals surface area contributed by atoms with Crippen molar-refractivity contribution in [2.24, 2.45) is 7.05 Å². The fraction of sp³-hybridized carbons (Fsp3) is 0.176. The molecule has 0 atom stereocenters. The third-order valence-corrected chi connectivity index (χ3v) is 5.76. The third kappa shape index (κ3) is 3.89. The van der Waals surface area contributed by atoms with E-state index in [1.165, 1.54) is 6.07 Å². The molecule has 0 spiro atoms. The molecule has 0 amide bonds. The fourth-order valence-corrected chi connectivity index (χ4v) is 3.96. The van der Waals surface area contributed by atoms with Gasteiger partial charge in [0.25, 0.3) is 0 Å². The summed E-state index contributed by atoms with van der Waals surface area (Å²) in [5.74, 6) is 0. The van der Waals surface area contributed by atoms with E-state index in [4.69, 9.17) is 11.6 Å². The molecule has 0 fully saturated rings. The van der Waals surface area contributed by atoms with Gasteiger partial charge in [0.2, 0.25) is 10.0 Å². The Bertz CT molecular complexity index is 1010. The van der Waals surface area contributed by atoms with Gasteiger partial charge in [0, 0.05) is 48.3 Å². The number of hydrogen-bond donors (Lipinski definition) is 1. The minimum atomic E-state index is -3.66. The second-order valence-corrected chi connectivity index (χ2v) is 7.81. The van der Waals surface area contributed by atoms with Gasteiger partial charge in [-0.15, -0.1) is 0 Å². The van der Waals surface area contributed by atoms with Crippen molar-refractivity contribution >= 4 is 21.6 Å². The van der Waals surface area contributed by atoms with Gasteiger partial charge in [0.15, 0.2) is 0 Å². The van der Waals surface area contributed by atoms with E-state index in [0.29, 0.717) is 10.6 Å². The predicted molar refractivity (Wildman–Crippen MR) is 96.7 cm³/mol. The number of aromatic nitrogens is 3. The number of pyridine rings is 1. The van der Waals surface area contributed by atoms with Crippen molar-refractivity contribution in [3.05, 3.63) is 65.2 Å². The van der Waals surface area contributed by atoms with Crippen LogP contribution >= 0.6 is 11.6 Å². The number of nitrogens with zero attached hydrogens (tertiary/aromatic N) is 3. The summed E-state index contributed by atoms with van der Waals surface area (Å²) >= 11 is 6.02. The molecular formula is C17H17ClN4O2S. The van der Waals surface area contributed by atoms with Crippen LogP contribution in [0.25, 0.3) is 11.1 Å². The fourth-order valence-electron chi connectivity index (χ4n) is 2.45. The van der Waals surface area contributed by atoms with E-state index in [-0.39, 0.29) is 11.4 Å². The first-order valence-electron chi connectivity index (χ1n) is 7.54. The van der Waals surface area contributed by atoms with Crippen LogP contribution in [-0.2, 0) is 23.6 Å². The van der Waals surface area contributed by atoms with Crippen molar-refractivity contribution in [3.8, 4) is 11.1 Å². The Morgan fingerprint density at radius 3 is 2.72 bits per heavy atom. The van der Waals surface area contributed by atoms with Gasteiger partial charge < -0.3 is 0 Å². The maximum absolute atomic E-state index is 12.5. The predicted octanol–water partition coefficient (Wildman–Crippen LogP) is 2.92. The number of aryl methyl sites for hydroxylation is 1. The Balaban J connectivity index is 1.80. The Morgan fingerprint density at radius 1 is 1.20 bits per heavy atom. The number of hydrogen-bond acceptors (Lipinski definition) is 4. The highest BCUT2D eigenvalue weighted by Crippen LogP contribution is 2.23. The number of benzene rings is 1. The number of rotatable bonds is 5. The minimum absolute atomic E-state index is 0.134. The first-order valence-corrected chi connectivity index (χ1v) is 9.40. The van der Waals surface area contributed by atoms with Crippen LogP contribution in [0.3, 0.4) is 0 Å². The van der Waals surface area contributed by atoms with Gasteiger partial charge in [-0.05, 0) is 36.2 Å². The molecule has 0 saturated heterocycles. The Morgan fingerprint density at radius 2 is 2.00 bits per heavy atom. The average Bonchev–Trinajstić information content (AvgIpc) is 3.02. The first-order chi connectivity index (χ1) is 11.9. The van der Waals surface area contributed by atoms with Gasteiger partial charge in [-0.2, -0.15) is 5.10 Å². The molecule has 2 heterocycles. The van der Waals surface area contributed by atoms with Crippen molar-refractivity contribution in [3.63, 3.8) is 0 Å². The zero-order valence-electron chi connectivity index (χ0n) is 13.8. The van der Waals surface area contributed by atoms with E-state index >= 15 is 0 Å². The second kappa shape index (κ2) is 6.95. The molecule has 0 aliphatic rings. The molecule has 0 bridgehead atoms. The molecular weight excluding hydrogens is 360 g/mol. The summed E-state index contributed by atoms with van der Waals surface area (Å²) in [5, 5.41) is 4.55. The molecule has 25 heavy (non-hydrogen) atoms. The van der Waals surface area contributed by atoms with Crippen LogP contribution in [-0.4, -0.2) is 23.2 Å². The highest BCUT2D eigenvalue weighted by molar-refractivity contribution is 7.89. The first kappa shape index (κ1) is 17.6. The molecule has 1 aromatic carbocycles. The molecule has 3 aromatic rings. The van der Waals surface area contributed by atoms with Crippen LogP contribution in [0, 0.1) is 6.92 Å². The Kier molecular flexibility index (Phi) is 4.89. The van der Waals surface area contributed by atoms with Crippen LogP contribution in [0.4, 0.5) is 0 Å². The van der Waals surface area contributed by atoms with Gasteiger partial charge in [-0.1, -0.05) is 17.7 Å². The van der Waals surface area contributed by atoms with Crippen molar-refractivity contribution in [2.75, 3.05) is 0 Å². The number of sulfonamides is 1. The molecule has 0 unspecified atom stereocenters. The average molecular weight is 377 g/mol. The normalized spacial score (nSPS) is 11.6. The van der Waals surface area contributed by atoms with E-state index in [0.717, 1.165) is 16.7 Å². The summed E-state index contributed by atoms with van der Waals surface area (Å²) < 4.78 is 29.4. The van der Waals surface area contributed by atoms with Gasteiger partial charge in [-0.25, -0.2) is 13.1 Å². The number of halogens is 1. The van der Waals surface area contributed by atoms with Crippen LogP contribution < -0.4 is 4.72 Å². The van der Waals surface area contributed by atoms with Gasteiger partial charge in [-0.3, -0.25) is 9.67 Å². The maximum Gasteiger partial charge on any atom is 0.241 e. The van der Waals surface area contributed by atoms with Crippen molar-refractivity contribution in [1.82, 2.24) is 19.5 Å². The van der Waals surface area contributed by atoms with E-state index in [2.05, 4.69) is 14.8 Å². The van der Waals surface area contributed by atoms with Crippen LogP contribution in [0.2, 0.25) is 5.02 Å². The molecule has 0 saturated carbocycles. The molecule has 2 aromatic heterocycles. The maximum atomic E-state index is 12.5. The topological polar surface area (TPSA) is 76.9 Å². The third-order valence-electron chi connectivity index (χ3n) is 3.81. The van der Waals surface area contributed by atoms with E-state index < -0.39 is 10.0 Å². The molecule has 0 radical (unpaired) electrons. The lowest BCUT2D eigenvalue weighted by Crippen LogP contribution is -2.24. The second-order valence-electron chi connectivity index (χ2n) is 5.67. The summed E-state index contributed by atoms with van der Waals surface area (Å²) in [6.07, 6.45) is 6.96. The summed E-state index contributed by atoms with van der Waals surface area (Å²) in [5.41, 5.74) is 3.08. The minimum Gasteiger partial charge on any atom is -0.275 e. The van der Waals surface area contributed by atoms with Crippen molar-refractivity contribution in [1.29, 1.82) is 0 Å². The summed E-state index contributed by atoms with van der Waals surface area (Å²) in [4.78, 5) is 4.36. The van der Waals surface area contributed by atoms with Crippen molar-refractivity contribution < 1.29 is 8.42 Å².